The highest BCUT2D eigenvalue weighted by Crippen LogP contribution is 2.41. The number of phenolic OH excluding ortho intramolecular Hbond substituents is 1. The Morgan fingerprint density at radius 3 is 2.03 bits per heavy atom. The van der Waals surface area contributed by atoms with Crippen molar-refractivity contribution in [2.75, 3.05) is 6.61 Å². The van der Waals surface area contributed by atoms with E-state index in [-0.39, 0.29) is 42.6 Å². The number of ether oxygens (including phenoxy) is 3. The van der Waals surface area contributed by atoms with Crippen LogP contribution in [0.3, 0.4) is 0 Å². The summed E-state index contributed by atoms with van der Waals surface area (Å²) in [5, 5.41) is 10.0. The molecule has 1 unspecified atom stereocenters. The molecule has 0 radical (unpaired) electrons. The van der Waals surface area contributed by atoms with Gasteiger partial charge in [-0.1, -0.05) is 36.4 Å². The quantitative estimate of drug-likeness (QED) is 0.310. The Kier molecular flexibility index (Phi) is 7.11. The lowest BCUT2D eigenvalue weighted by Gasteiger charge is -2.19. The molecule has 10 heteroatoms. The standard InChI is InChI=1S/C28H24O8S2/c29-23-10-4-5-12-25(23)37(30,31)22-17-15-20(16-18-22)35-24-11-6-13-26(28(24)36-27-14-7-19-34-27)38(32,33)21-8-2-1-3-9-21/h1-6,8-13,15-18,27,29H,7,14,19H2. The largest absolute Gasteiger partial charge is 0.507 e. The molecule has 1 saturated heterocycles. The molecule has 1 fully saturated rings. The number of hydrogen-bond donors (Lipinski definition) is 1. The number of aromatic hydroxyl groups is 1. The predicted molar refractivity (Wildman–Crippen MR) is 138 cm³/mol. The van der Waals surface area contributed by atoms with E-state index < -0.39 is 26.0 Å². The Bertz CT molecular complexity index is 1640. The van der Waals surface area contributed by atoms with Crippen molar-refractivity contribution < 1.29 is 36.2 Å². The minimum absolute atomic E-state index is 0.00848. The first-order valence-corrected chi connectivity index (χ1v) is 14.8. The van der Waals surface area contributed by atoms with Crippen molar-refractivity contribution in [3.8, 4) is 23.0 Å². The third kappa shape index (κ3) is 5.10. The molecule has 0 aliphatic carbocycles. The van der Waals surface area contributed by atoms with Crippen LogP contribution >= 0.6 is 0 Å². The second-order valence-electron chi connectivity index (χ2n) is 8.50. The van der Waals surface area contributed by atoms with Crippen molar-refractivity contribution in [3.63, 3.8) is 0 Å². The van der Waals surface area contributed by atoms with E-state index in [1.54, 1.807) is 30.3 Å². The van der Waals surface area contributed by atoms with Gasteiger partial charge in [-0.3, -0.25) is 0 Å². The smallest absolute Gasteiger partial charge is 0.210 e. The van der Waals surface area contributed by atoms with E-state index in [0.29, 0.717) is 13.0 Å². The minimum atomic E-state index is -3.97. The molecule has 38 heavy (non-hydrogen) atoms. The van der Waals surface area contributed by atoms with E-state index in [2.05, 4.69) is 0 Å². The molecule has 8 nitrogen and oxygen atoms in total. The summed E-state index contributed by atoms with van der Waals surface area (Å²) in [5.41, 5.74) is 0. The van der Waals surface area contributed by atoms with E-state index in [4.69, 9.17) is 14.2 Å². The number of phenols is 1. The molecule has 0 saturated carbocycles. The fraction of sp³-hybridized carbons (Fsp3) is 0.143. The predicted octanol–water partition coefficient (Wildman–Crippen LogP) is 5.37. The first-order valence-electron chi connectivity index (χ1n) is 11.8. The van der Waals surface area contributed by atoms with Gasteiger partial charge >= 0.3 is 0 Å². The second kappa shape index (κ2) is 10.5. The highest BCUT2D eigenvalue weighted by atomic mass is 32.2. The lowest BCUT2D eigenvalue weighted by Crippen LogP contribution is -2.17. The van der Waals surface area contributed by atoms with Crippen LogP contribution in [0.5, 0.6) is 23.0 Å². The molecule has 4 aromatic rings. The van der Waals surface area contributed by atoms with Crippen LogP contribution in [-0.4, -0.2) is 34.8 Å². The molecule has 0 amide bonds. The number of sulfone groups is 2. The average molecular weight is 553 g/mol. The number of rotatable bonds is 8. The van der Waals surface area contributed by atoms with Crippen LogP contribution in [0, 0.1) is 0 Å². The third-order valence-electron chi connectivity index (χ3n) is 5.94. The van der Waals surface area contributed by atoms with Gasteiger partial charge in [0.15, 0.2) is 17.8 Å². The van der Waals surface area contributed by atoms with Crippen molar-refractivity contribution in [1.29, 1.82) is 0 Å². The van der Waals surface area contributed by atoms with E-state index in [0.717, 1.165) is 6.42 Å². The zero-order valence-electron chi connectivity index (χ0n) is 20.1. The average Bonchev–Trinajstić information content (AvgIpc) is 3.44. The van der Waals surface area contributed by atoms with Crippen LogP contribution in [-0.2, 0) is 24.4 Å². The van der Waals surface area contributed by atoms with E-state index >= 15 is 0 Å². The Hall–Kier alpha value is -3.86. The van der Waals surface area contributed by atoms with Gasteiger partial charge in [-0.15, -0.1) is 0 Å². The molecule has 0 aromatic heterocycles. The Morgan fingerprint density at radius 2 is 1.34 bits per heavy atom. The molecule has 1 heterocycles. The van der Waals surface area contributed by atoms with Gasteiger partial charge in [-0.2, -0.15) is 0 Å². The Labute approximate surface area is 220 Å². The zero-order valence-corrected chi connectivity index (χ0v) is 21.7. The van der Waals surface area contributed by atoms with Gasteiger partial charge in [0.1, 0.15) is 21.3 Å². The molecular formula is C28H24O8S2. The number of benzene rings is 4. The molecule has 0 spiro atoms. The van der Waals surface area contributed by atoms with Gasteiger partial charge in [0, 0.05) is 6.42 Å². The molecule has 1 aliphatic heterocycles. The van der Waals surface area contributed by atoms with Gasteiger partial charge < -0.3 is 19.3 Å². The molecule has 0 bridgehead atoms. The van der Waals surface area contributed by atoms with E-state index in [9.17, 15) is 21.9 Å². The summed E-state index contributed by atoms with van der Waals surface area (Å²) in [6.07, 6.45) is 0.745. The lowest BCUT2D eigenvalue weighted by molar-refractivity contribution is -0.0418. The maximum atomic E-state index is 13.5. The highest BCUT2D eigenvalue weighted by molar-refractivity contribution is 7.92. The maximum absolute atomic E-state index is 13.5. The maximum Gasteiger partial charge on any atom is 0.210 e. The highest BCUT2D eigenvalue weighted by Gasteiger charge is 2.29. The topological polar surface area (TPSA) is 116 Å². The van der Waals surface area contributed by atoms with Crippen LogP contribution in [0.2, 0.25) is 0 Å². The monoisotopic (exact) mass is 552 g/mol. The van der Waals surface area contributed by atoms with Gasteiger partial charge in [0.2, 0.25) is 19.7 Å². The van der Waals surface area contributed by atoms with Crippen molar-refractivity contribution in [1.82, 2.24) is 0 Å². The van der Waals surface area contributed by atoms with Crippen LogP contribution in [0.1, 0.15) is 12.8 Å². The summed E-state index contributed by atoms with van der Waals surface area (Å²) in [4.78, 5) is -0.217. The number of hydrogen-bond acceptors (Lipinski definition) is 8. The second-order valence-corrected chi connectivity index (χ2v) is 12.3. The molecule has 4 aromatic carbocycles. The minimum Gasteiger partial charge on any atom is -0.507 e. The molecule has 1 atom stereocenters. The van der Waals surface area contributed by atoms with Crippen molar-refractivity contribution in [2.24, 2.45) is 0 Å². The van der Waals surface area contributed by atoms with E-state index in [1.807, 2.05) is 0 Å². The van der Waals surface area contributed by atoms with Gasteiger partial charge in [-0.05, 0) is 67.1 Å². The van der Waals surface area contributed by atoms with Gasteiger partial charge in [0.05, 0.1) is 16.4 Å². The van der Waals surface area contributed by atoms with Gasteiger partial charge in [0.25, 0.3) is 0 Å². The van der Waals surface area contributed by atoms with Crippen LogP contribution in [0.25, 0.3) is 0 Å². The molecule has 1 aliphatic rings. The van der Waals surface area contributed by atoms with Crippen molar-refractivity contribution in [2.45, 2.75) is 38.7 Å². The van der Waals surface area contributed by atoms with E-state index in [1.165, 1.54) is 66.7 Å². The SMILES string of the molecule is O=S(=O)(c1ccc(Oc2cccc(S(=O)(=O)c3ccccc3)c2OC2CCCO2)cc1)c1ccccc1O. The summed E-state index contributed by atoms with van der Waals surface area (Å²) < 4.78 is 70.5. The fourth-order valence-corrected chi connectivity index (χ4v) is 6.80. The fourth-order valence-electron chi connectivity index (χ4n) is 4.03. The molecule has 5 rings (SSSR count). The summed E-state index contributed by atoms with van der Waals surface area (Å²) in [5.74, 6) is 0.0517. The third-order valence-corrected chi connectivity index (χ3v) is 9.55. The van der Waals surface area contributed by atoms with Crippen molar-refractivity contribution in [3.05, 3.63) is 97.1 Å². The molecule has 196 valence electrons. The van der Waals surface area contributed by atoms with Crippen molar-refractivity contribution >= 4 is 19.7 Å². The Balaban J connectivity index is 1.50. The first kappa shape index (κ1) is 25.8. The summed E-state index contributed by atoms with van der Waals surface area (Å²) >= 11 is 0. The zero-order chi connectivity index (χ0) is 26.8. The van der Waals surface area contributed by atoms with Crippen LogP contribution in [0.4, 0.5) is 0 Å². The first-order chi connectivity index (χ1) is 18.3. The molecular weight excluding hydrogens is 528 g/mol. The van der Waals surface area contributed by atoms with Crippen LogP contribution in [0.15, 0.2) is 117 Å². The van der Waals surface area contributed by atoms with Crippen LogP contribution < -0.4 is 9.47 Å². The summed E-state index contributed by atoms with van der Waals surface area (Å²) in [6, 6.07) is 23.8. The lowest BCUT2D eigenvalue weighted by atomic mass is 10.3. The number of para-hydroxylation sites is 2. The summed E-state index contributed by atoms with van der Waals surface area (Å²) in [6.45, 7) is 0.501. The normalized spacial score (nSPS) is 15.7. The summed E-state index contributed by atoms with van der Waals surface area (Å²) in [7, 11) is -7.92. The van der Waals surface area contributed by atoms with Gasteiger partial charge in [-0.25, -0.2) is 16.8 Å². The molecule has 1 N–H and O–H groups in total. The Morgan fingerprint density at radius 1 is 0.711 bits per heavy atom.